The van der Waals surface area contributed by atoms with Gasteiger partial charge in [0.1, 0.15) is 5.58 Å². The fraction of sp³-hybridized carbons (Fsp3) is 0.286. The van der Waals surface area contributed by atoms with Crippen molar-refractivity contribution in [2.75, 3.05) is 13.2 Å². The number of hydrogen-bond acceptors (Lipinski definition) is 4. The number of ether oxygens (including phenoxy) is 1. The molecule has 0 spiro atoms. The van der Waals surface area contributed by atoms with Crippen LogP contribution in [0.4, 0.5) is 4.79 Å². The summed E-state index contributed by atoms with van der Waals surface area (Å²) in [6, 6.07) is 6.75. The number of amides is 2. The van der Waals surface area contributed by atoms with Gasteiger partial charge in [0, 0.05) is 11.9 Å². The lowest BCUT2D eigenvalue weighted by Crippen LogP contribution is -2.30. The van der Waals surface area contributed by atoms with Crippen LogP contribution >= 0.6 is 0 Å². The third-order valence-corrected chi connectivity index (χ3v) is 2.80. The number of carbonyl (C=O) groups is 2. The molecule has 1 aromatic carbocycles. The third-order valence-electron chi connectivity index (χ3n) is 2.80. The molecule has 2 rings (SSSR count). The summed E-state index contributed by atoms with van der Waals surface area (Å²) in [6.45, 7) is 2.47. The summed E-state index contributed by atoms with van der Waals surface area (Å²) in [4.78, 5) is 22.2. The molecule has 0 atom stereocenters. The Bertz CT molecular complexity index is 633. The monoisotopic (exact) mass is 276 g/mol. The Kier molecular flexibility index (Phi) is 4.24. The minimum Gasteiger partial charge on any atom is -0.460 e. The zero-order chi connectivity index (χ0) is 14.5. The second kappa shape index (κ2) is 6.10. The average molecular weight is 276 g/mol. The lowest BCUT2D eigenvalue weighted by Gasteiger charge is -2.03. The Labute approximate surface area is 115 Å². The summed E-state index contributed by atoms with van der Waals surface area (Å²) in [6.07, 6.45) is 0.494. The summed E-state index contributed by atoms with van der Waals surface area (Å²) in [5.41, 5.74) is 6.56. The van der Waals surface area contributed by atoms with Crippen molar-refractivity contribution in [1.82, 2.24) is 5.32 Å². The quantitative estimate of drug-likeness (QED) is 0.644. The first-order chi connectivity index (χ1) is 9.58. The van der Waals surface area contributed by atoms with Crippen LogP contribution in [0.1, 0.15) is 22.5 Å². The number of nitrogens with one attached hydrogen (secondary N) is 1. The van der Waals surface area contributed by atoms with E-state index in [-0.39, 0.29) is 12.4 Å². The largest absolute Gasteiger partial charge is 0.460 e. The van der Waals surface area contributed by atoms with E-state index < -0.39 is 12.0 Å². The molecule has 1 heterocycles. The van der Waals surface area contributed by atoms with Crippen LogP contribution in [0.15, 0.2) is 28.7 Å². The number of urea groups is 1. The fourth-order valence-electron chi connectivity index (χ4n) is 1.83. The van der Waals surface area contributed by atoms with Crippen molar-refractivity contribution in [3.63, 3.8) is 0 Å². The van der Waals surface area contributed by atoms with Crippen LogP contribution in [-0.4, -0.2) is 25.2 Å². The minimum absolute atomic E-state index is 0.178. The van der Waals surface area contributed by atoms with Crippen molar-refractivity contribution < 1.29 is 18.7 Å². The van der Waals surface area contributed by atoms with E-state index in [0.717, 1.165) is 10.9 Å². The molecular weight excluding hydrogens is 260 g/mol. The number of fused-ring (bicyclic) bond motifs is 1. The Balaban J connectivity index is 1.91. The third kappa shape index (κ3) is 3.28. The van der Waals surface area contributed by atoms with Gasteiger partial charge in [0.2, 0.25) is 5.76 Å². The van der Waals surface area contributed by atoms with Crippen molar-refractivity contribution in [2.45, 2.75) is 13.3 Å². The highest BCUT2D eigenvalue weighted by molar-refractivity contribution is 5.93. The summed E-state index contributed by atoms with van der Waals surface area (Å²) < 4.78 is 10.5. The van der Waals surface area contributed by atoms with Crippen LogP contribution < -0.4 is 11.1 Å². The van der Waals surface area contributed by atoms with Gasteiger partial charge in [-0.2, -0.15) is 0 Å². The molecule has 6 heteroatoms. The van der Waals surface area contributed by atoms with Gasteiger partial charge >= 0.3 is 12.0 Å². The SMILES string of the molecule is Cc1cccc2cc(C(=O)OCCCNC(N)=O)oc12. The Morgan fingerprint density at radius 1 is 1.40 bits per heavy atom. The molecule has 0 fully saturated rings. The Morgan fingerprint density at radius 2 is 2.20 bits per heavy atom. The first-order valence-corrected chi connectivity index (χ1v) is 6.27. The molecule has 1 aromatic heterocycles. The van der Waals surface area contributed by atoms with E-state index in [1.54, 1.807) is 6.07 Å². The number of furan rings is 1. The van der Waals surface area contributed by atoms with Gasteiger partial charge in [-0.3, -0.25) is 0 Å². The second-order valence-corrected chi connectivity index (χ2v) is 4.38. The molecular formula is C14H16N2O4. The normalized spacial score (nSPS) is 10.4. The van der Waals surface area contributed by atoms with Crippen LogP contribution in [-0.2, 0) is 4.74 Å². The van der Waals surface area contributed by atoms with Gasteiger partial charge in [-0.1, -0.05) is 18.2 Å². The molecule has 0 aliphatic rings. The predicted molar refractivity (Wildman–Crippen MR) is 73.4 cm³/mol. The van der Waals surface area contributed by atoms with E-state index in [0.29, 0.717) is 18.5 Å². The molecule has 0 aliphatic heterocycles. The lowest BCUT2D eigenvalue weighted by atomic mass is 10.2. The molecule has 0 saturated carbocycles. The minimum atomic E-state index is -0.593. The van der Waals surface area contributed by atoms with Crippen molar-refractivity contribution in [1.29, 1.82) is 0 Å². The van der Waals surface area contributed by atoms with E-state index in [4.69, 9.17) is 14.9 Å². The molecule has 6 nitrogen and oxygen atoms in total. The number of benzene rings is 1. The maximum absolute atomic E-state index is 11.8. The number of aryl methyl sites for hydroxylation is 1. The molecule has 0 saturated heterocycles. The number of para-hydroxylation sites is 1. The molecule has 2 aromatic rings. The van der Waals surface area contributed by atoms with E-state index in [1.165, 1.54) is 0 Å². The molecule has 0 bridgehead atoms. The highest BCUT2D eigenvalue weighted by Gasteiger charge is 2.14. The summed E-state index contributed by atoms with van der Waals surface area (Å²) in [7, 11) is 0. The summed E-state index contributed by atoms with van der Waals surface area (Å²) >= 11 is 0. The van der Waals surface area contributed by atoms with Crippen LogP contribution in [0.5, 0.6) is 0 Å². The van der Waals surface area contributed by atoms with Crippen molar-refractivity contribution in [3.05, 3.63) is 35.6 Å². The molecule has 0 unspecified atom stereocenters. The number of primary amides is 1. The van der Waals surface area contributed by atoms with Crippen LogP contribution in [0.2, 0.25) is 0 Å². The van der Waals surface area contributed by atoms with Gasteiger partial charge in [0.05, 0.1) is 6.61 Å². The molecule has 20 heavy (non-hydrogen) atoms. The zero-order valence-electron chi connectivity index (χ0n) is 11.1. The zero-order valence-corrected chi connectivity index (χ0v) is 11.1. The van der Waals surface area contributed by atoms with E-state index >= 15 is 0 Å². The highest BCUT2D eigenvalue weighted by atomic mass is 16.5. The molecule has 0 aliphatic carbocycles. The van der Waals surface area contributed by atoms with E-state index in [9.17, 15) is 9.59 Å². The fourth-order valence-corrected chi connectivity index (χ4v) is 1.83. The number of esters is 1. The molecule has 106 valence electrons. The van der Waals surface area contributed by atoms with Crippen LogP contribution in [0.3, 0.4) is 0 Å². The van der Waals surface area contributed by atoms with Crippen LogP contribution in [0.25, 0.3) is 11.0 Å². The lowest BCUT2D eigenvalue weighted by molar-refractivity contribution is 0.0468. The highest BCUT2D eigenvalue weighted by Crippen LogP contribution is 2.22. The maximum atomic E-state index is 11.8. The van der Waals surface area contributed by atoms with Crippen molar-refractivity contribution >= 4 is 23.0 Å². The standard InChI is InChI=1S/C14H16N2O4/c1-9-4-2-5-10-8-11(20-12(9)10)13(17)19-7-3-6-16-14(15)18/h2,4-5,8H,3,6-7H2,1H3,(H3,15,16,18). The summed E-state index contributed by atoms with van der Waals surface area (Å²) in [5.74, 6) is -0.336. The van der Waals surface area contributed by atoms with Crippen LogP contribution in [0, 0.1) is 6.92 Å². The number of rotatable bonds is 5. The number of nitrogens with two attached hydrogens (primary N) is 1. The average Bonchev–Trinajstić information content (AvgIpc) is 2.83. The van der Waals surface area contributed by atoms with Crippen molar-refractivity contribution in [3.8, 4) is 0 Å². The van der Waals surface area contributed by atoms with Crippen molar-refractivity contribution in [2.24, 2.45) is 5.73 Å². The summed E-state index contributed by atoms with van der Waals surface area (Å²) in [5, 5.41) is 3.28. The number of carbonyl (C=O) groups excluding carboxylic acids is 2. The van der Waals surface area contributed by atoms with E-state index in [1.807, 2.05) is 25.1 Å². The molecule has 3 N–H and O–H groups in total. The molecule has 2 amide bonds. The smallest absolute Gasteiger partial charge is 0.374 e. The van der Waals surface area contributed by atoms with Gasteiger partial charge in [-0.15, -0.1) is 0 Å². The Morgan fingerprint density at radius 3 is 2.90 bits per heavy atom. The van der Waals surface area contributed by atoms with Gasteiger partial charge in [0.15, 0.2) is 0 Å². The first kappa shape index (κ1) is 13.9. The number of hydrogen-bond donors (Lipinski definition) is 2. The molecule has 0 radical (unpaired) electrons. The van der Waals surface area contributed by atoms with Gasteiger partial charge < -0.3 is 20.2 Å². The first-order valence-electron chi connectivity index (χ1n) is 6.27. The van der Waals surface area contributed by atoms with Gasteiger partial charge in [-0.25, -0.2) is 9.59 Å². The van der Waals surface area contributed by atoms with E-state index in [2.05, 4.69) is 5.32 Å². The Hall–Kier alpha value is -2.50. The maximum Gasteiger partial charge on any atom is 0.374 e. The van der Waals surface area contributed by atoms with Gasteiger partial charge in [-0.05, 0) is 25.0 Å². The second-order valence-electron chi connectivity index (χ2n) is 4.38. The topological polar surface area (TPSA) is 94.6 Å². The van der Waals surface area contributed by atoms with Gasteiger partial charge in [0.25, 0.3) is 0 Å². The predicted octanol–water partition coefficient (Wildman–Crippen LogP) is 1.96.